The van der Waals surface area contributed by atoms with Crippen LogP contribution in [0.5, 0.6) is 0 Å². The molecular formula is C20H18ClF4N3O4. The third-order valence-electron chi connectivity index (χ3n) is 4.22. The SMILES string of the molecule is [2H]C([2H])(CC(C)(C)O)n1ncc(-c2onc(-c3c(F)cccc3Cl)c2C(=O)OC)c1C(F)(F)F. The van der Waals surface area contributed by atoms with E-state index in [1.54, 1.807) is 0 Å². The Morgan fingerprint density at radius 1 is 1.38 bits per heavy atom. The lowest BCUT2D eigenvalue weighted by atomic mass is 10.0. The van der Waals surface area contributed by atoms with Crippen LogP contribution in [0.15, 0.2) is 28.9 Å². The van der Waals surface area contributed by atoms with Crippen LogP contribution in [0, 0.1) is 5.82 Å². The van der Waals surface area contributed by atoms with Gasteiger partial charge in [0.15, 0.2) is 11.5 Å². The smallest absolute Gasteiger partial charge is 0.433 e. The summed E-state index contributed by atoms with van der Waals surface area (Å²) in [6.07, 6.45) is -5.31. The highest BCUT2D eigenvalue weighted by atomic mass is 35.5. The number of benzene rings is 1. The molecule has 12 heteroatoms. The Morgan fingerprint density at radius 3 is 2.62 bits per heavy atom. The van der Waals surface area contributed by atoms with Gasteiger partial charge in [-0.15, -0.1) is 0 Å². The third-order valence-corrected chi connectivity index (χ3v) is 4.54. The molecule has 0 atom stereocenters. The van der Waals surface area contributed by atoms with Gasteiger partial charge in [-0.25, -0.2) is 9.18 Å². The Morgan fingerprint density at radius 2 is 2.06 bits per heavy atom. The number of hydrogen-bond donors (Lipinski definition) is 1. The molecule has 2 heterocycles. The first kappa shape index (κ1) is 21.0. The predicted molar refractivity (Wildman–Crippen MR) is 105 cm³/mol. The first-order valence-corrected chi connectivity index (χ1v) is 9.37. The van der Waals surface area contributed by atoms with Crippen LogP contribution >= 0.6 is 11.6 Å². The van der Waals surface area contributed by atoms with E-state index in [9.17, 15) is 27.5 Å². The lowest BCUT2D eigenvalue weighted by Crippen LogP contribution is -2.24. The molecule has 0 saturated carbocycles. The molecule has 0 aliphatic rings. The third kappa shape index (κ3) is 4.63. The van der Waals surface area contributed by atoms with Crippen molar-refractivity contribution in [3.05, 3.63) is 46.5 Å². The van der Waals surface area contributed by atoms with Gasteiger partial charge in [0.05, 0.1) is 37.8 Å². The summed E-state index contributed by atoms with van der Waals surface area (Å²) in [4.78, 5) is 12.5. The van der Waals surface area contributed by atoms with E-state index in [2.05, 4.69) is 15.0 Å². The first-order valence-electron chi connectivity index (χ1n) is 9.99. The lowest BCUT2D eigenvalue weighted by Gasteiger charge is -2.18. The van der Waals surface area contributed by atoms with Crippen LogP contribution < -0.4 is 0 Å². The molecule has 3 rings (SSSR count). The van der Waals surface area contributed by atoms with Crippen LogP contribution in [-0.2, 0) is 17.4 Å². The molecule has 3 aromatic rings. The number of alkyl halides is 3. The molecule has 0 bridgehead atoms. The van der Waals surface area contributed by atoms with Crippen molar-refractivity contribution in [1.82, 2.24) is 14.9 Å². The number of halogens is 5. The van der Waals surface area contributed by atoms with Crippen LogP contribution in [0.2, 0.25) is 5.02 Å². The van der Waals surface area contributed by atoms with Gasteiger partial charge in [0.2, 0.25) is 0 Å². The zero-order chi connectivity index (χ0) is 25.6. The van der Waals surface area contributed by atoms with Gasteiger partial charge < -0.3 is 14.4 Å². The molecule has 0 aliphatic heterocycles. The quantitative estimate of drug-likeness (QED) is 0.398. The van der Waals surface area contributed by atoms with Crippen LogP contribution in [0.25, 0.3) is 22.6 Å². The summed E-state index contributed by atoms with van der Waals surface area (Å²) >= 11 is 6.02. The fraction of sp³-hybridized carbons (Fsp3) is 0.350. The molecular weight excluding hydrogens is 458 g/mol. The number of carbonyl (C=O) groups is 1. The van der Waals surface area contributed by atoms with Crippen LogP contribution in [-0.4, -0.2) is 38.7 Å². The summed E-state index contributed by atoms with van der Waals surface area (Å²) < 4.78 is 82.7. The lowest BCUT2D eigenvalue weighted by molar-refractivity contribution is -0.144. The molecule has 1 N–H and O–H groups in total. The number of aromatic nitrogens is 3. The molecule has 0 spiro atoms. The van der Waals surface area contributed by atoms with Gasteiger partial charge in [-0.2, -0.15) is 18.3 Å². The summed E-state index contributed by atoms with van der Waals surface area (Å²) in [5.41, 5.74) is -5.73. The minimum atomic E-state index is -5.19. The largest absolute Gasteiger partial charge is 0.465 e. The number of aliphatic hydroxyl groups is 1. The Balaban J connectivity index is 2.32. The highest BCUT2D eigenvalue weighted by molar-refractivity contribution is 6.33. The molecule has 0 radical (unpaired) electrons. The van der Waals surface area contributed by atoms with Crippen LogP contribution in [0.1, 0.15) is 39.1 Å². The standard InChI is InChI=1S/C20H18ClF4N3O4/c1-19(2,30)7-8-28-17(20(23,24)25)10(9-26-28)16-14(18(29)31-3)15(27-32-16)13-11(21)5-4-6-12(13)22/h4-6,9,30H,7-8H2,1-3H3/i8D2. The van der Waals surface area contributed by atoms with Crippen molar-refractivity contribution >= 4 is 17.6 Å². The minimum Gasteiger partial charge on any atom is -0.465 e. The number of carbonyl (C=O) groups excluding carboxylic acids is 1. The van der Waals surface area contributed by atoms with Crippen molar-refractivity contribution in [1.29, 1.82) is 0 Å². The summed E-state index contributed by atoms with van der Waals surface area (Å²) in [7, 11) is 0.946. The Hall–Kier alpha value is -2.92. The number of esters is 1. The monoisotopic (exact) mass is 477 g/mol. The average Bonchev–Trinajstić information content (AvgIpc) is 3.30. The second-order valence-electron chi connectivity index (χ2n) is 7.29. The fourth-order valence-corrected chi connectivity index (χ4v) is 3.09. The van der Waals surface area contributed by atoms with Gasteiger partial charge in [0, 0.05) is 6.50 Å². The maximum absolute atomic E-state index is 14.5. The summed E-state index contributed by atoms with van der Waals surface area (Å²) in [6, 6.07) is 3.55. The van der Waals surface area contributed by atoms with Crippen molar-refractivity contribution in [2.24, 2.45) is 0 Å². The topological polar surface area (TPSA) is 90.4 Å². The van der Waals surface area contributed by atoms with Gasteiger partial charge in [-0.05, 0) is 32.4 Å². The van der Waals surface area contributed by atoms with E-state index in [0.29, 0.717) is 6.20 Å². The molecule has 0 aliphatic carbocycles. The predicted octanol–water partition coefficient (Wildman–Crippen LogP) is 4.96. The number of aryl methyl sites for hydroxylation is 1. The fourth-order valence-electron chi connectivity index (χ4n) is 2.84. The van der Waals surface area contributed by atoms with E-state index in [1.807, 2.05) is 0 Å². The van der Waals surface area contributed by atoms with Crippen molar-refractivity contribution in [3.8, 4) is 22.6 Å². The molecule has 32 heavy (non-hydrogen) atoms. The van der Waals surface area contributed by atoms with Crippen LogP contribution in [0.3, 0.4) is 0 Å². The van der Waals surface area contributed by atoms with Crippen LogP contribution in [0.4, 0.5) is 17.6 Å². The van der Waals surface area contributed by atoms with Gasteiger partial charge >= 0.3 is 12.1 Å². The zero-order valence-electron chi connectivity index (χ0n) is 18.9. The van der Waals surface area contributed by atoms with Gasteiger partial charge in [-0.3, -0.25) is 4.68 Å². The second-order valence-corrected chi connectivity index (χ2v) is 7.69. The number of methoxy groups -OCH3 is 1. The summed E-state index contributed by atoms with van der Waals surface area (Å²) in [6.45, 7) is -0.359. The van der Waals surface area contributed by atoms with E-state index in [1.165, 1.54) is 26.0 Å². The summed E-state index contributed by atoms with van der Waals surface area (Å²) in [5, 5.41) is 16.9. The Bertz CT molecular complexity index is 1220. The van der Waals surface area contributed by atoms with Crippen molar-refractivity contribution in [2.45, 2.75) is 38.5 Å². The molecule has 7 nitrogen and oxygen atoms in total. The highest BCUT2D eigenvalue weighted by Gasteiger charge is 2.42. The minimum absolute atomic E-state index is 0.0413. The number of hydrogen-bond acceptors (Lipinski definition) is 6. The maximum atomic E-state index is 14.5. The molecule has 0 amide bonds. The molecule has 1 aromatic carbocycles. The van der Waals surface area contributed by atoms with Crippen molar-refractivity contribution in [3.63, 3.8) is 0 Å². The Kier molecular flexibility index (Phi) is 5.60. The van der Waals surface area contributed by atoms with E-state index in [0.717, 1.165) is 13.2 Å². The van der Waals surface area contributed by atoms with Crippen molar-refractivity contribution in [2.75, 3.05) is 7.11 Å². The molecule has 172 valence electrons. The number of ether oxygens (including phenoxy) is 1. The summed E-state index contributed by atoms with van der Waals surface area (Å²) in [5.74, 6) is -2.91. The zero-order valence-corrected chi connectivity index (χ0v) is 17.7. The Labute approximate surface area is 187 Å². The van der Waals surface area contributed by atoms with E-state index in [-0.39, 0.29) is 9.70 Å². The van der Waals surface area contributed by atoms with E-state index in [4.69, 9.17) is 18.9 Å². The molecule has 0 saturated heterocycles. The first-order chi connectivity index (χ1) is 15.6. The number of rotatable bonds is 6. The molecule has 2 aromatic heterocycles. The van der Waals surface area contributed by atoms with E-state index < -0.39 is 70.3 Å². The molecule has 0 fully saturated rings. The van der Waals surface area contributed by atoms with Gasteiger partial charge in [-0.1, -0.05) is 22.8 Å². The number of nitrogens with zero attached hydrogens (tertiary/aromatic N) is 3. The highest BCUT2D eigenvalue weighted by Crippen LogP contribution is 2.42. The second kappa shape index (κ2) is 8.55. The van der Waals surface area contributed by atoms with E-state index >= 15 is 0 Å². The molecule has 0 unspecified atom stereocenters. The van der Waals surface area contributed by atoms with Crippen molar-refractivity contribution < 1.29 is 39.5 Å². The van der Waals surface area contributed by atoms with Gasteiger partial charge in [0.25, 0.3) is 0 Å². The normalized spacial score (nSPS) is 13.7. The van der Waals surface area contributed by atoms with Gasteiger partial charge in [0.1, 0.15) is 17.1 Å². The maximum Gasteiger partial charge on any atom is 0.433 e. The average molecular weight is 478 g/mol.